The molecule has 12 heteroatoms. The first kappa shape index (κ1) is 27.8. The van der Waals surface area contributed by atoms with Crippen LogP contribution >= 0.6 is 11.3 Å². The van der Waals surface area contributed by atoms with Crippen LogP contribution in [0.5, 0.6) is 0 Å². The van der Waals surface area contributed by atoms with Gasteiger partial charge in [-0.15, -0.1) is 11.3 Å². The third-order valence-electron chi connectivity index (χ3n) is 7.57. The second kappa shape index (κ2) is 11.1. The van der Waals surface area contributed by atoms with Crippen LogP contribution in [0, 0.1) is 0 Å². The maximum Gasteiger partial charge on any atom is 0.254 e. The molecule has 1 aromatic heterocycles. The summed E-state index contributed by atoms with van der Waals surface area (Å²) in [5.74, 6) is -1.39. The third kappa shape index (κ3) is 6.00. The molecule has 2 aliphatic carbocycles. The molecule has 0 spiro atoms. The lowest BCUT2D eigenvalue weighted by atomic mass is 10.0. The fourth-order valence-corrected chi connectivity index (χ4v) is 8.00. The van der Waals surface area contributed by atoms with Gasteiger partial charge in [-0.25, -0.2) is 13.4 Å². The van der Waals surface area contributed by atoms with Crippen molar-refractivity contribution < 1.29 is 27.5 Å². The zero-order valence-corrected chi connectivity index (χ0v) is 24.4. The standard InChI is InChI=1S/C29H32N4O6S2/c1-2-39-11-12-41(37,38)26(27(35)30-15-25(34)31-20-5-6-20)28-32-23-10-4-18(14-24(23)40-28)17-3-9-22-19(13-17)16-33(29(22)36)21-7-8-21/h3-4,9-10,13-14,20-21,26H,2,5-8,11-12,15-16H2,1H3,(H,30,35)(H,31,34). The van der Waals surface area contributed by atoms with Gasteiger partial charge in [0.15, 0.2) is 15.1 Å². The average molecular weight is 597 g/mol. The monoisotopic (exact) mass is 596 g/mol. The van der Waals surface area contributed by atoms with Gasteiger partial charge in [-0.3, -0.25) is 14.4 Å². The number of hydrogen-bond donors (Lipinski definition) is 2. The Morgan fingerprint density at radius 2 is 1.88 bits per heavy atom. The molecule has 2 fully saturated rings. The number of amides is 3. The van der Waals surface area contributed by atoms with Crippen LogP contribution in [0.4, 0.5) is 0 Å². The molecule has 0 bridgehead atoms. The van der Waals surface area contributed by atoms with Gasteiger partial charge < -0.3 is 20.3 Å². The van der Waals surface area contributed by atoms with Crippen molar-refractivity contribution in [3.05, 3.63) is 52.5 Å². The van der Waals surface area contributed by atoms with E-state index in [0.717, 1.165) is 64.0 Å². The van der Waals surface area contributed by atoms with E-state index in [-0.39, 0.29) is 41.8 Å². The number of hydrogen-bond acceptors (Lipinski definition) is 8. The molecule has 0 radical (unpaired) electrons. The predicted octanol–water partition coefficient (Wildman–Crippen LogP) is 2.97. The zero-order chi connectivity index (χ0) is 28.7. The van der Waals surface area contributed by atoms with Crippen LogP contribution in [-0.4, -0.2) is 73.6 Å². The van der Waals surface area contributed by atoms with E-state index in [1.54, 1.807) is 6.92 Å². The van der Waals surface area contributed by atoms with Gasteiger partial charge in [-0.2, -0.15) is 0 Å². The maximum atomic E-state index is 13.4. The van der Waals surface area contributed by atoms with Gasteiger partial charge in [0.05, 0.1) is 29.1 Å². The van der Waals surface area contributed by atoms with E-state index in [1.807, 2.05) is 41.3 Å². The average Bonchev–Trinajstić information content (AvgIpc) is 3.88. The number of ether oxygens (including phenoxy) is 1. The summed E-state index contributed by atoms with van der Waals surface area (Å²) in [4.78, 5) is 44.6. The van der Waals surface area contributed by atoms with E-state index in [4.69, 9.17) is 4.74 Å². The molecule has 1 aliphatic heterocycles. The van der Waals surface area contributed by atoms with Crippen molar-refractivity contribution in [3.63, 3.8) is 0 Å². The summed E-state index contributed by atoms with van der Waals surface area (Å²) < 4.78 is 32.7. The fraction of sp³-hybridized carbons (Fsp3) is 0.448. The lowest BCUT2D eigenvalue weighted by molar-refractivity contribution is -0.126. The molecule has 2 aromatic carbocycles. The zero-order valence-electron chi connectivity index (χ0n) is 22.7. The van der Waals surface area contributed by atoms with Crippen molar-refractivity contribution in [3.8, 4) is 11.1 Å². The van der Waals surface area contributed by atoms with Crippen LogP contribution < -0.4 is 10.6 Å². The number of fused-ring (bicyclic) bond motifs is 2. The van der Waals surface area contributed by atoms with Crippen LogP contribution in [0.15, 0.2) is 36.4 Å². The SMILES string of the molecule is CCOCCS(=O)(=O)C(C(=O)NCC(=O)NC1CC1)c1nc2ccc(-c3ccc4c(c3)CN(C3CC3)C4=O)cc2s1. The molecule has 0 saturated heterocycles. The Morgan fingerprint density at radius 1 is 1.12 bits per heavy atom. The van der Waals surface area contributed by atoms with Crippen LogP contribution in [0.25, 0.3) is 21.3 Å². The van der Waals surface area contributed by atoms with Crippen LogP contribution in [0.2, 0.25) is 0 Å². The normalized spacial score (nSPS) is 17.5. The van der Waals surface area contributed by atoms with Gasteiger partial charge in [0.2, 0.25) is 11.8 Å². The molecule has 3 aromatic rings. The van der Waals surface area contributed by atoms with E-state index in [1.165, 1.54) is 0 Å². The van der Waals surface area contributed by atoms with Crippen molar-refractivity contribution in [2.75, 3.05) is 25.5 Å². The van der Waals surface area contributed by atoms with Gasteiger partial charge in [0.1, 0.15) is 5.01 Å². The van der Waals surface area contributed by atoms with Crippen molar-refractivity contribution >= 4 is 49.1 Å². The number of benzene rings is 2. The highest BCUT2D eigenvalue weighted by molar-refractivity contribution is 7.92. The van der Waals surface area contributed by atoms with E-state index in [0.29, 0.717) is 24.7 Å². The maximum absolute atomic E-state index is 13.4. The molecule has 1 unspecified atom stereocenters. The molecular weight excluding hydrogens is 564 g/mol. The summed E-state index contributed by atoms with van der Waals surface area (Å²) in [6, 6.07) is 12.0. The molecular formula is C29H32N4O6S2. The highest BCUT2D eigenvalue weighted by atomic mass is 32.2. The first-order chi connectivity index (χ1) is 19.7. The Balaban J connectivity index is 1.26. The number of carbonyl (C=O) groups excluding carboxylic acids is 3. The first-order valence-corrected chi connectivity index (χ1v) is 16.5. The second-order valence-electron chi connectivity index (χ2n) is 10.8. The molecule has 2 heterocycles. The van der Waals surface area contributed by atoms with Crippen molar-refractivity contribution in [1.29, 1.82) is 0 Å². The summed E-state index contributed by atoms with van der Waals surface area (Å²) in [5, 5.41) is 3.87. The van der Waals surface area contributed by atoms with Gasteiger partial charge in [-0.05, 0) is 73.6 Å². The summed E-state index contributed by atoms with van der Waals surface area (Å²) >= 11 is 1.15. The number of nitrogens with zero attached hydrogens (tertiary/aromatic N) is 2. The minimum atomic E-state index is -3.99. The minimum Gasteiger partial charge on any atom is -0.381 e. The molecule has 6 rings (SSSR count). The van der Waals surface area contributed by atoms with Crippen LogP contribution in [0.3, 0.4) is 0 Å². The molecule has 3 aliphatic rings. The first-order valence-electron chi connectivity index (χ1n) is 13.9. The van der Waals surface area contributed by atoms with Gasteiger partial charge in [0.25, 0.3) is 5.91 Å². The van der Waals surface area contributed by atoms with E-state index in [9.17, 15) is 22.8 Å². The molecule has 2 N–H and O–H groups in total. The Hall–Kier alpha value is -3.35. The lowest BCUT2D eigenvalue weighted by Gasteiger charge is -2.15. The summed E-state index contributed by atoms with van der Waals surface area (Å²) in [6.07, 6.45) is 3.94. The Kier molecular flexibility index (Phi) is 7.56. The summed E-state index contributed by atoms with van der Waals surface area (Å²) in [5.41, 5.74) is 4.19. The Bertz CT molecular complexity index is 1630. The summed E-state index contributed by atoms with van der Waals surface area (Å²) in [6.45, 7) is 2.39. The molecule has 41 heavy (non-hydrogen) atoms. The molecule has 216 valence electrons. The van der Waals surface area contributed by atoms with Crippen molar-refractivity contribution in [1.82, 2.24) is 20.5 Å². The van der Waals surface area contributed by atoms with E-state index >= 15 is 0 Å². The Labute approximate surface area is 242 Å². The van der Waals surface area contributed by atoms with Crippen molar-refractivity contribution in [2.24, 2.45) is 0 Å². The number of rotatable bonds is 12. The number of carbonyl (C=O) groups is 3. The van der Waals surface area contributed by atoms with Crippen LogP contribution in [-0.2, 0) is 30.7 Å². The van der Waals surface area contributed by atoms with E-state index in [2.05, 4.69) is 15.6 Å². The van der Waals surface area contributed by atoms with Gasteiger partial charge in [0, 0.05) is 30.8 Å². The number of thiazole rings is 1. The highest BCUT2D eigenvalue weighted by Gasteiger charge is 2.39. The Morgan fingerprint density at radius 3 is 2.61 bits per heavy atom. The molecule has 1 atom stereocenters. The smallest absolute Gasteiger partial charge is 0.254 e. The fourth-order valence-electron chi connectivity index (χ4n) is 5.07. The molecule has 3 amide bonds. The number of sulfone groups is 1. The van der Waals surface area contributed by atoms with Crippen molar-refractivity contribution in [2.45, 2.75) is 56.5 Å². The topological polar surface area (TPSA) is 135 Å². The predicted molar refractivity (Wildman–Crippen MR) is 155 cm³/mol. The lowest BCUT2D eigenvalue weighted by Crippen LogP contribution is -2.42. The molecule has 10 nitrogen and oxygen atoms in total. The largest absolute Gasteiger partial charge is 0.381 e. The second-order valence-corrected chi connectivity index (χ2v) is 14.0. The number of nitrogens with one attached hydrogen (secondary N) is 2. The third-order valence-corrected chi connectivity index (χ3v) is 10.7. The van der Waals surface area contributed by atoms with Gasteiger partial charge >= 0.3 is 0 Å². The van der Waals surface area contributed by atoms with Crippen LogP contribution in [0.1, 0.15) is 58.8 Å². The number of aromatic nitrogens is 1. The highest BCUT2D eigenvalue weighted by Crippen LogP contribution is 2.38. The van der Waals surface area contributed by atoms with E-state index < -0.39 is 21.0 Å². The minimum absolute atomic E-state index is 0.0428. The quantitative estimate of drug-likeness (QED) is 0.307. The molecule has 2 saturated carbocycles. The van der Waals surface area contributed by atoms with Gasteiger partial charge in [-0.1, -0.05) is 12.1 Å². The summed E-state index contributed by atoms with van der Waals surface area (Å²) in [7, 11) is -3.99.